The van der Waals surface area contributed by atoms with Gasteiger partial charge < -0.3 is 9.72 Å². The van der Waals surface area contributed by atoms with E-state index in [0.717, 1.165) is 23.0 Å². The number of rotatable bonds is 4. The van der Waals surface area contributed by atoms with E-state index in [9.17, 15) is 4.79 Å². The van der Waals surface area contributed by atoms with E-state index in [0.29, 0.717) is 13.2 Å². The van der Waals surface area contributed by atoms with Crippen molar-refractivity contribution >= 4 is 11.0 Å². The summed E-state index contributed by atoms with van der Waals surface area (Å²) in [6, 6.07) is 5.99. The van der Waals surface area contributed by atoms with Gasteiger partial charge in [0.1, 0.15) is 0 Å². The van der Waals surface area contributed by atoms with Gasteiger partial charge >= 0.3 is 5.69 Å². The molecule has 0 saturated carbocycles. The van der Waals surface area contributed by atoms with E-state index in [1.807, 2.05) is 25.1 Å². The average molecular weight is 220 g/mol. The molecule has 16 heavy (non-hydrogen) atoms. The Morgan fingerprint density at radius 1 is 1.44 bits per heavy atom. The normalized spacial score (nSPS) is 11.1. The summed E-state index contributed by atoms with van der Waals surface area (Å²) >= 11 is 0. The molecule has 0 aliphatic heterocycles. The maximum absolute atomic E-state index is 11.7. The van der Waals surface area contributed by atoms with E-state index in [1.165, 1.54) is 0 Å². The smallest absolute Gasteiger partial charge is 0.326 e. The summed E-state index contributed by atoms with van der Waals surface area (Å²) in [4.78, 5) is 14.6. The van der Waals surface area contributed by atoms with Crippen molar-refractivity contribution in [1.82, 2.24) is 9.55 Å². The van der Waals surface area contributed by atoms with Crippen molar-refractivity contribution in [1.29, 1.82) is 0 Å². The van der Waals surface area contributed by atoms with Gasteiger partial charge in [-0.25, -0.2) is 4.79 Å². The molecule has 1 aromatic carbocycles. The fourth-order valence-corrected chi connectivity index (χ4v) is 1.87. The van der Waals surface area contributed by atoms with Crippen LogP contribution in [0.25, 0.3) is 11.0 Å². The molecule has 86 valence electrons. The van der Waals surface area contributed by atoms with Gasteiger partial charge in [0.15, 0.2) is 0 Å². The van der Waals surface area contributed by atoms with Crippen LogP contribution in [-0.2, 0) is 11.3 Å². The molecule has 0 amide bonds. The lowest BCUT2D eigenvalue weighted by Crippen LogP contribution is -2.17. The predicted molar refractivity (Wildman–Crippen MR) is 63.8 cm³/mol. The number of benzene rings is 1. The van der Waals surface area contributed by atoms with Crippen LogP contribution in [0.1, 0.15) is 12.0 Å². The second-order valence-corrected chi connectivity index (χ2v) is 3.95. The first-order valence-electron chi connectivity index (χ1n) is 5.40. The van der Waals surface area contributed by atoms with Crippen LogP contribution < -0.4 is 5.69 Å². The number of aromatic nitrogens is 2. The molecule has 0 aliphatic rings. The van der Waals surface area contributed by atoms with Gasteiger partial charge in [-0.3, -0.25) is 4.57 Å². The molecule has 0 aliphatic carbocycles. The third-order valence-corrected chi connectivity index (χ3v) is 2.66. The number of imidazole rings is 1. The predicted octanol–water partition coefficient (Wildman–Crippen LogP) is 1.67. The van der Waals surface area contributed by atoms with E-state index >= 15 is 0 Å². The highest BCUT2D eigenvalue weighted by atomic mass is 16.5. The van der Waals surface area contributed by atoms with Gasteiger partial charge in [-0.15, -0.1) is 0 Å². The van der Waals surface area contributed by atoms with Crippen LogP contribution in [0.15, 0.2) is 23.0 Å². The summed E-state index contributed by atoms with van der Waals surface area (Å²) in [5.41, 5.74) is 2.98. The summed E-state index contributed by atoms with van der Waals surface area (Å²) in [5.74, 6) is 0. The van der Waals surface area contributed by atoms with Crippen LogP contribution in [0.3, 0.4) is 0 Å². The molecule has 1 heterocycles. The van der Waals surface area contributed by atoms with Crippen LogP contribution in [0, 0.1) is 6.92 Å². The Morgan fingerprint density at radius 3 is 3.00 bits per heavy atom. The minimum atomic E-state index is -0.0447. The molecule has 0 atom stereocenters. The fourth-order valence-electron chi connectivity index (χ4n) is 1.87. The lowest BCUT2D eigenvalue weighted by atomic mass is 10.2. The second-order valence-electron chi connectivity index (χ2n) is 3.95. The zero-order chi connectivity index (χ0) is 11.5. The fraction of sp³-hybridized carbons (Fsp3) is 0.417. The Morgan fingerprint density at radius 2 is 2.25 bits per heavy atom. The largest absolute Gasteiger partial charge is 0.385 e. The molecular weight excluding hydrogens is 204 g/mol. The Bertz CT molecular complexity index is 539. The lowest BCUT2D eigenvalue weighted by Gasteiger charge is -2.02. The van der Waals surface area contributed by atoms with E-state index in [2.05, 4.69) is 4.98 Å². The number of hydrogen-bond donors (Lipinski definition) is 1. The van der Waals surface area contributed by atoms with Crippen molar-refractivity contribution in [2.24, 2.45) is 0 Å². The Labute approximate surface area is 93.9 Å². The molecule has 0 unspecified atom stereocenters. The molecule has 0 radical (unpaired) electrons. The number of methoxy groups -OCH3 is 1. The third kappa shape index (κ3) is 2.02. The first kappa shape index (κ1) is 11.0. The topological polar surface area (TPSA) is 47.0 Å². The molecule has 4 nitrogen and oxygen atoms in total. The van der Waals surface area contributed by atoms with E-state index in [1.54, 1.807) is 11.7 Å². The van der Waals surface area contributed by atoms with Crippen molar-refractivity contribution < 1.29 is 4.74 Å². The van der Waals surface area contributed by atoms with Gasteiger partial charge in [-0.2, -0.15) is 0 Å². The minimum Gasteiger partial charge on any atom is -0.385 e. The maximum atomic E-state index is 11.7. The zero-order valence-corrected chi connectivity index (χ0v) is 9.62. The molecule has 0 bridgehead atoms. The Hall–Kier alpha value is -1.55. The summed E-state index contributed by atoms with van der Waals surface area (Å²) in [5, 5.41) is 0. The van der Waals surface area contributed by atoms with Gasteiger partial charge in [0.2, 0.25) is 0 Å². The van der Waals surface area contributed by atoms with Gasteiger partial charge in [0.05, 0.1) is 11.0 Å². The van der Waals surface area contributed by atoms with Gasteiger partial charge in [-0.1, -0.05) is 6.07 Å². The highest BCUT2D eigenvalue weighted by Crippen LogP contribution is 2.12. The SMILES string of the molecule is COCCCn1c(=O)[nH]c2cc(C)ccc21. The summed E-state index contributed by atoms with van der Waals surface area (Å²) in [6.07, 6.45) is 0.844. The third-order valence-electron chi connectivity index (χ3n) is 2.66. The maximum Gasteiger partial charge on any atom is 0.326 e. The number of aryl methyl sites for hydroxylation is 2. The van der Waals surface area contributed by atoms with Crippen LogP contribution in [0.2, 0.25) is 0 Å². The van der Waals surface area contributed by atoms with Crippen molar-refractivity contribution in [3.8, 4) is 0 Å². The zero-order valence-electron chi connectivity index (χ0n) is 9.62. The van der Waals surface area contributed by atoms with Crippen molar-refractivity contribution in [2.45, 2.75) is 19.9 Å². The molecule has 0 fully saturated rings. The number of aromatic amines is 1. The molecule has 1 aromatic heterocycles. The average Bonchev–Trinajstić information content (AvgIpc) is 2.55. The van der Waals surface area contributed by atoms with Crippen molar-refractivity contribution in [3.05, 3.63) is 34.2 Å². The minimum absolute atomic E-state index is 0.0447. The number of H-pyrrole nitrogens is 1. The summed E-state index contributed by atoms with van der Waals surface area (Å²) in [7, 11) is 1.67. The van der Waals surface area contributed by atoms with Crippen molar-refractivity contribution in [3.63, 3.8) is 0 Å². The Kier molecular flexibility index (Phi) is 3.10. The monoisotopic (exact) mass is 220 g/mol. The second kappa shape index (κ2) is 4.53. The lowest BCUT2D eigenvalue weighted by molar-refractivity contribution is 0.190. The number of nitrogens with one attached hydrogen (secondary N) is 1. The highest BCUT2D eigenvalue weighted by molar-refractivity contribution is 5.75. The first-order chi connectivity index (χ1) is 7.72. The van der Waals surface area contributed by atoms with Gasteiger partial charge in [0.25, 0.3) is 0 Å². The summed E-state index contributed by atoms with van der Waals surface area (Å²) < 4.78 is 6.74. The van der Waals surface area contributed by atoms with E-state index < -0.39 is 0 Å². The summed E-state index contributed by atoms with van der Waals surface area (Å²) in [6.45, 7) is 3.38. The van der Waals surface area contributed by atoms with Crippen LogP contribution in [-0.4, -0.2) is 23.3 Å². The molecule has 1 N–H and O–H groups in total. The van der Waals surface area contributed by atoms with Crippen LogP contribution >= 0.6 is 0 Å². The number of ether oxygens (including phenoxy) is 1. The van der Waals surface area contributed by atoms with Gasteiger partial charge in [0, 0.05) is 20.3 Å². The standard InChI is InChI=1S/C12H16N2O2/c1-9-4-5-11-10(8-9)13-12(15)14(11)6-3-7-16-2/h4-5,8H,3,6-7H2,1-2H3,(H,13,15). The highest BCUT2D eigenvalue weighted by Gasteiger charge is 2.05. The molecule has 2 rings (SSSR count). The number of nitrogens with zero attached hydrogens (tertiary/aromatic N) is 1. The van der Waals surface area contributed by atoms with E-state index in [4.69, 9.17) is 4.74 Å². The molecule has 4 heteroatoms. The molecular formula is C12H16N2O2. The molecule has 0 spiro atoms. The van der Waals surface area contributed by atoms with Crippen LogP contribution in [0.5, 0.6) is 0 Å². The first-order valence-corrected chi connectivity index (χ1v) is 5.40. The van der Waals surface area contributed by atoms with Gasteiger partial charge in [-0.05, 0) is 31.0 Å². The number of hydrogen-bond acceptors (Lipinski definition) is 2. The van der Waals surface area contributed by atoms with E-state index in [-0.39, 0.29) is 5.69 Å². The van der Waals surface area contributed by atoms with Crippen molar-refractivity contribution in [2.75, 3.05) is 13.7 Å². The quantitative estimate of drug-likeness (QED) is 0.797. The molecule has 2 aromatic rings. The molecule has 0 saturated heterocycles. The number of fused-ring (bicyclic) bond motifs is 1. The Balaban J connectivity index is 2.36. The van der Waals surface area contributed by atoms with Crippen LogP contribution in [0.4, 0.5) is 0 Å².